The van der Waals surface area contributed by atoms with Gasteiger partial charge >= 0.3 is 0 Å². The zero-order chi connectivity index (χ0) is 39.7. The van der Waals surface area contributed by atoms with Crippen molar-refractivity contribution in [1.82, 2.24) is 0 Å². The lowest BCUT2D eigenvalue weighted by Gasteiger charge is -2.35. The van der Waals surface area contributed by atoms with E-state index >= 15 is 0 Å². The number of hydrogen-bond donors (Lipinski definition) is 0. The lowest BCUT2D eigenvalue weighted by molar-refractivity contribution is 0.659. The first kappa shape index (κ1) is 35.2. The average molecular weight is 753 g/mol. The van der Waals surface area contributed by atoms with Crippen LogP contribution in [0.15, 0.2) is 212 Å². The fourth-order valence-electron chi connectivity index (χ4n) is 10.4. The first-order chi connectivity index (χ1) is 28.9. The van der Waals surface area contributed by atoms with Gasteiger partial charge in [-0.3, -0.25) is 0 Å². The van der Waals surface area contributed by atoms with E-state index in [4.69, 9.17) is 0 Å². The second-order valence-electron chi connectivity index (χ2n) is 16.9. The molecule has 9 aromatic rings. The first-order valence-electron chi connectivity index (χ1n) is 20.8. The Hall–Kier alpha value is -7.02. The smallest absolute Gasteiger partial charge is 0.0622 e. The highest BCUT2D eigenvalue weighted by atomic mass is 14.5. The monoisotopic (exact) mass is 752 g/mol. The van der Waals surface area contributed by atoms with Crippen LogP contribution in [0.5, 0.6) is 0 Å². The van der Waals surface area contributed by atoms with Crippen LogP contribution in [0.2, 0.25) is 0 Å². The average Bonchev–Trinajstić information content (AvgIpc) is 3.72. The third kappa shape index (κ3) is 5.44. The summed E-state index contributed by atoms with van der Waals surface area (Å²) in [7, 11) is 0. The van der Waals surface area contributed by atoms with E-state index in [-0.39, 0.29) is 5.41 Å². The number of fused-ring (bicyclic) bond motifs is 7. The lowest BCUT2D eigenvalue weighted by Crippen LogP contribution is -2.29. The van der Waals surface area contributed by atoms with Gasteiger partial charge in [-0.15, -0.1) is 0 Å². The van der Waals surface area contributed by atoms with Gasteiger partial charge in [-0.2, -0.15) is 0 Å². The number of rotatable bonds is 6. The van der Waals surface area contributed by atoms with Crippen molar-refractivity contribution in [2.45, 2.75) is 31.6 Å². The highest BCUT2D eigenvalue weighted by molar-refractivity contribution is 6.00. The standard InChI is InChI=1S/C59H44/c1-39-30-31-53-51(34-39)57-55(33-32-54-56(57)50-28-10-11-29-52(50)58(54,2)3)59(53,48-26-14-24-46(37-48)44-22-12-20-42(35-44)40-16-6-4-7-17-40)49-27-15-25-47(38-49)45-23-13-21-43(36-45)41-18-8-5-9-19-41/h4-38H,1-3H3. The zero-order valence-corrected chi connectivity index (χ0v) is 33.7. The van der Waals surface area contributed by atoms with Crippen molar-refractivity contribution in [3.8, 4) is 66.8 Å². The molecule has 0 radical (unpaired) electrons. The SMILES string of the molecule is Cc1ccc2c(c1)-c1c(ccc3c1-c1ccccc1C3(C)C)C2(c1cccc(-c2cccc(-c3ccccc3)c2)c1)c1cccc(-c2cccc(-c3ccccc3)c2)c1. The molecule has 0 aliphatic heterocycles. The van der Waals surface area contributed by atoms with Crippen molar-refractivity contribution >= 4 is 0 Å². The third-order valence-electron chi connectivity index (χ3n) is 13.2. The Morgan fingerprint density at radius 2 is 0.712 bits per heavy atom. The molecule has 0 heterocycles. The van der Waals surface area contributed by atoms with E-state index in [0.717, 1.165) is 0 Å². The first-order valence-corrected chi connectivity index (χ1v) is 20.8. The van der Waals surface area contributed by atoms with Crippen molar-refractivity contribution in [1.29, 1.82) is 0 Å². The predicted molar refractivity (Wildman–Crippen MR) is 248 cm³/mol. The molecular weight excluding hydrogens is 709 g/mol. The van der Waals surface area contributed by atoms with Gasteiger partial charge in [0.1, 0.15) is 0 Å². The van der Waals surface area contributed by atoms with Crippen LogP contribution in [0.1, 0.15) is 52.8 Å². The predicted octanol–water partition coefficient (Wildman–Crippen LogP) is 15.3. The molecule has 0 saturated carbocycles. The molecule has 0 aromatic heterocycles. The Morgan fingerprint density at radius 3 is 1.29 bits per heavy atom. The molecule has 0 amide bonds. The van der Waals surface area contributed by atoms with E-state index in [1.54, 1.807) is 0 Å². The molecule has 0 atom stereocenters. The summed E-state index contributed by atoms with van der Waals surface area (Å²) in [5, 5.41) is 0. The molecule has 11 rings (SSSR count). The van der Waals surface area contributed by atoms with Gasteiger partial charge in [-0.1, -0.05) is 207 Å². The molecule has 280 valence electrons. The highest BCUT2D eigenvalue weighted by Gasteiger charge is 2.49. The largest absolute Gasteiger partial charge is 0.0714 e. The van der Waals surface area contributed by atoms with Crippen LogP contribution in [-0.4, -0.2) is 0 Å². The normalized spacial score (nSPS) is 13.9. The van der Waals surface area contributed by atoms with Gasteiger partial charge in [0.25, 0.3) is 0 Å². The molecule has 0 N–H and O–H groups in total. The van der Waals surface area contributed by atoms with Gasteiger partial charge in [0, 0.05) is 5.41 Å². The lowest BCUT2D eigenvalue weighted by atomic mass is 9.66. The van der Waals surface area contributed by atoms with Crippen LogP contribution in [0, 0.1) is 6.92 Å². The number of benzene rings is 9. The summed E-state index contributed by atoms with van der Waals surface area (Å²) in [5.41, 5.74) is 23.7. The third-order valence-corrected chi connectivity index (χ3v) is 13.2. The van der Waals surface area contributed by atoms with Crippen LogP contribution in [0.25, 0.3) is 66.8 Å². The van der Waals surface area contributed by atoms with Crippen LogP contribution in [0.4, 0.5) is 0 Å². The molecular formula is C59H44. The summed E-state index contributed by atoms with van der Waals surface area (Å²) in [6.07, 6.45) is 0. The van der Waals surface area contributed by atoms with Crippen LogP contribution in [-0.2, 0) is 10.8 Å². The summed E-state index contributed by atoms with van der Waals surface area (Å²) in [6, 6.07) is 79.4. The van der Waals surface area contributed by atoms with Crippen LogP contribution in [0.3, 0.4) is 0 Å². The summed E-state index contributed by atoms with van der Waals surface area (Å²) in [6.45, 7) is 7.02. The van der Waals surface area contributed by atoms with E-state index in [0.29, 0.717) is 0 Å². The Balaban J connectivity index is 1.19. The van der Waals surface area contributed by atoms with Crippen molar-refractivity contribution in [2.24, 2.45) is 0 Å². The van der Waals surface area contributed by atoms with Gasteiger partial charge in [0.05, 0.1) is 5.41 Å². The van der Waals surface area contributed by atoms with E-state index in [1.165, 1.54) is 106 Å². The molecule has 0 nitrogen and oxygen atoms in total. The van der Waals surface area contributed by atoms with Crippen molar-refractivity contribution in [3.05, 3.63) is 251 Å². The number of aryl methyl sites for hydroxylation is 1. The number of hydrogen-bond acceptors (Lipinski definition) is 0. The van der Waals surface area contributed by atoms with Gasteiger partial charge in [0.2, 0.25) is 0 Å². The van der Waals surface area contributed by atoms with E-state index < -0.39 is 5.41 Å². The van der Waals surface area contributed by atoms with Crippen molar-refractivity contribution in [2.75, 3.05) is 0 Å². The Bertz CT molecular complexity index is 2950. The van der Waals surface area contributed by atoms with Gasteiger partial charge in [-0.25, -0.2) is 0 Å². The zero-order valence-electron chi connectivity index (χ0n) is 33.7. The maximum Gasteiger partial charge on any atom is 0.0714 e. The molecule has 0 bridgehead atoms. The second kappa shape index (κ2) is 13.5. The Kier molecular flexibility index (Phi) is 8.07. The fourth-order valence-corrected chi connectivity index (χ4v) is 10.4. The van der Waals surface area contributed by atoms with Crippen molar-refractivity contribution in [3.63, 3.8) is 0 Å². The summed E-state index contributed by atoms with van der Waals surface area (Å²) in [5.74, 6) is 0. The maximum absolute atomic E-state index is 2.47. The molecule has 0 spiro atoms. The van der Waals surface area contributed by atoms with Crippen LogP contribution >= 0.6 is 0 Å². The maximum atomic E-state index is 2.47. The minimum atomic E-state index is -0.588. The summed E-state index contributed by atoms with van der Waals surface area (Å²) in [4.78, 5) is 0. The van der Waals surface area contributed by atoms with Crippen LogP contribution < -0.4 is 0 Å². The van der Waals surface area contributed by atoms with E-state index in [1.807, 2.05) is 0 Å². The molecule has 59 heavy (non-hydrogen) atoms. The van der Waals surface area contributed by atoms with Gasteiger partial charge in [-0.05, 0) is 131 Å². The molecule has 0 saturated heterocycles. The van der Waals surface area contributed by atoms with Crippen molar-refractivity contribution < 1.29 is 0 Å². The summed E-state index contributed by atoms with van der Waals surface area (Å²) >= 11 is 0. The fraction of sp³-hybridized carbons (Fsp3) is 0.0847. The second-order valence-corrected chi connectivity index (χ2v) is 16.9. The minimum absolute atomic E-state index is 0.108. The molecule has 2 aliphatic carbocycles. The molecule has 0 fully saturated rings. The molecule has 9 aromatic carbocycles. The van der Waals surface area contributed by atoms with Gasteiger partial charge in [0.15, 0.2) is 0 Å². The molecule has 2 aliphatic rings. The molecule has 0 heteroatoms. The molecule has 0 unspecified atom stereocenters. The van der Waals surface area contributed by atoms with E-state index in [9.17, 15) is 0 Å². The topological polar surface area (TPSA) is 0 Å². The summed E-state index contributed by atoms with van der Waals surface area (Å²) < 4.78 is 0. The highest BCUT2D eigenvalue weighted by Crippen LogP contribution is 2.62. The minimum Gasteiger partial charge on any atom is -0.0622 e. The van der Waals surface area contributed by atoms with Gasteiger partial charge < -0.3 is 0 Å². The Morgan fingerprint density at radius 1 is 0.288 bits per heavy atom. The Labute approximate surface area is 348 Å². The quantitative estimate of drug-likeness (QED) is 0.159. The van der Waals surface area contributed by atoms with E-state index in [2.05, 4.69) is 233 Å².